The molecule has 1 aliphatic heterocycles. The van der Waals surface area contributed by atoms with Gasteiger partial charge in [-0.2, -0.15) is 8.78 Å². The Bertz CT molecular complexity index is 348. The van der Waals surface area contributed by atoms with Crippen LogP contribution >= 0.6 is 24.8 Å². The molecule has 0 aromatic carbocycles. The van der Waals surface area contributed by atoms with E-state index in [9.17, 15) is 8.78 Å². The normalized spacial score (nSPS) is 20.3. The van der Waals surface area contributed by atoms with E-state index in [0.717, 1.165) is 24.2 Å². The molecule has 1 aromatic heterocycles. The second kappa shape index (κ2) is 7.89. The molecule has 1 unspecified atom stereocenters. The van der Waals surface area contributed by atoms with Crippen molar-refractivity contribution in [3.63, 3.8) is 0 Å². The summed E-state index contributed by atoms with van der Waals surface area (Å²) in [4.78, 5) is 6.15. The fourth-order valence-electron chi connectivity index (χ4n) is 1.94. The molecule has 2 rings (SSSR count). The van der Waals surface area contributed by atoms with Gasteiger partial charge in [0.1, 0.15) is 5.82 Å². The van der Waals surface area contributed by atoms with E-state index in [1.165, 1.54) is 12.4 Å². The third-order valence-corrected chi connectivity index (χ3v) is 2.94. The molecule has 2 heterocycles. The summed E-state index contributed by atoms with van der Waals surface area (Å²) in [6.45, 7) is 2.74. The van der Waals surface area contributed by atoms with Crippen molar-refractivity contribution in [1.82, 2.24) is 19.8 Å². The van der Waals surface area contributed by atoms with E-state index in [0.29, 0.717) is 18.4 Å². The van der Waals surface area contributed by atoms with Crippen LogP contribution in [0.4, 0.5) is 8.78 Å². The number of imidazole rings is 1. The smallest absolute Gasteiger partial charge is 0.314 e. The number of alkyl halides is 2. The van der Waals surface area contributed by atoms with E-state index in [4.69, 9.17) is 0 Å². The lowest BCUT2D eigenvalue weighted by Crippen LogP contribution is -2.49. The molecule has 4 nitrogen and oxygen atoms in total. The van der Waals surface area contributed by atoms with E-state index in [-0.39, 0.29) is 24.8 Å². The van der Waals surface area contributed by atoms with E-state index >= 15 is 0 Å². The standard InChI is InChI=1S/C10H16F2N4.2ClH/c1-8-6-13-2-4-15(8)7-9-14-3-5-16(9)10(11)12;;/h3,5,8,10,13H,2,4,6-7H2,1H3;2*1H. The Hall–Kier alpha value is -0.430. The molecule has 0 radical (unpaired) electrons. The summed E-state index contributed by atoms with van der Waals surface area (Å²) in [7, 11) is 0. The summed E-state index contributed by atoms with van der Waals surface area (Å²) in [5.74, 6) is 0.434. The maximum atomic E-state index is 12.6. The Morgan fingerprint density at radius 2 is 2.22 bits per heavy atom. The molecule has 1 N–H and O–H groups in total. The van der Waals surface area contributed by atoms with Crippen LogP contribution in [0.3, 0.4) is 0 Å². The first kappa shape index (κ1) is 17.6. The Morgan fingerprint density at radius 3 is 2.83 bits per heavy atom. The Kier molecular flexibility index (Phi) is 7.70. The molecular formula is C10H18Cl2F2N4. The predicted molar refractivity (Wildman–Crippen MR) is 70.7 cm³/mol. The highest BCUT2D eigenvalue weighted by atomic mass is 35.5. The minimum Gasteiger partial charge on any atom is -0.314 e. The highest BCUT2D eigenvalue weighted by Crippen LogP contribution is 2.15. The molecule has 1 atom stereocenters. The van der Waals surface area contributed by atoms with Crippen molar-refractivity contribution in [2.75, 3.05) is 19.6 Å². The molecule has 1 aliphatic rings. The first-order valence-corrected chi connectivity index (χ1v) is 5.43. The topological polar surface area (TPSA) is 33.1 Å². The number of aromatic nitrogens is 2. The van der Waals surface area contributed by atoms with Crippen molar-refractivity contribution in [2.24, 2.45) is 0 Å². The summed E-state index contributed by atoms with van der Waals surface area (Å²) < 4.78 is 26.1. The summed E-state index contributed by atoms with van der Waals surface area (Å²) in [6.07, 6.45) is 2.75. The number of nitrogens with zero attached hydrogens (tertiary/aromatic N) is 3. The highest BCUT2D eigenvalue weighted by Gasteiger charge is 2.21. The average molecular weight is 303 g/mol. The maximum absolute atomic E-state index is 12.6. The summed E-state index contributed by atoms with van der Waals surface area (Å²) in [6, 6.07) is 0.358. The zero-order valence-electron chi connectivity index (χ0n) is 10.1. The van der Waals surface area contributed by atoms with Crippen LogP contribution in [0.1, 0.15) is 19.3 Å². The van der Waals surface area contributed by atoms with Crippen molar-refractivity contribution >= 4 is 24.8 Å². The van der Waals surface area contributed by atoms with Crippen LogP contribution in [0, 0.1) is 0 Å². The minimum atomic E-state index is -2.50. The van der Waals surface area contributed by atoms with Crippen LogP contribution in [-0.4, -0.2) is 40.1 Å². The van der Waals surface area contributed by atoms with Gasteiger partial charge in [-0.15, -0.1) is 24.8 Å². The first-order valence-electron chi connectivity index (χ1n) is 5.43. The Labute approximate surface area is 118 Å². The zero-order valence-corrected chi connectivity index (χ0v) is 11.7. The number of halogens is 4. The van der Waals surface area contributed by atoms with Gasteiger partial charge in [0.2, 0.25) is 0 Å². The number of hydrogen-bond donors (Lipinski definition) is 1. The van der Waals surface area contributed by atoms with Crippen LogP contribution < -0.4 is 5.32 Å². The van der Waals surface area contributed by atoms with Crippen molar-refractivity contribution in [2.45, 2.75) is 26.1 Å². The van der Waals surface area contributed by atoms with Gasteiger partial charge in [-0.1, -0.05) is 0 Å². The maximum Gasteiger partial charge on any atom is 0.319 e. The quantitative estimate of drug-likeness (QED) is 0.926. The Morgan fingerprint density at radius 1 is 1.50 bits per heavy atom. The molecule has 0 amide bonds. The average Bonchev–Trinajstić information content (AvgIpc) is 2.69. The molecule has 1 fully saturated rings. The third-order valence-electron chi connectivity index (χ3n) is 2.94. The van der Waals surface area contributed by atoms with Crippen LogP contribution in [0.15, 0.2) is 12.4 Å². The molecular weight excluding hydrogens is 285 g/mol. The van der Waals surface area contributed by atoms with Gasteiger partial charge in [-0.05, 0) is 6.92 Å². The lowest BCUT2D eigenvalue weighted by molar-refractivity contribution is 0.0612. The lowest BCUT2D eigenvalue weighted by atomic mass is 10.2. The number of rotatable bonds is 3. The van der Waals surface area contributed by atoms with E-state index < -0.39 is 6.55 Å². The molecule has 0 saturated carbocycles. The number of hydrogen-bond acceptors (Lipinski definition) is 3. The van der Waals surface area contributed by atoms with E-state index in [2.05, 4.69) is 22.1 Å². The first-order chi connectivity index (χ1) is 7.68. The van der Waals surface area contributed by atoms with Crippen LogP contribution in [0.2, 0.25) is 0 Å². The SMILES string of the molecule is CC1CNCCN1Cc1nccn1C(F)F.Cl.Cl. The van der Waals surface area contributed by atoms with Crippen molar-refractivity contribution in [3.8, 4) is 0 Å². The third kappa shape index (κ3) is 4.05. The second-order valence-electron chi connectivity index (χ2n) is 4.05. The van der Waals surface area contributed by atoms with Gasteiger partial charge in [0.15, 0.2) is 0 Å². The van der Waals surface area contributed by atoms with Gasteiger partial charge in [-0.25, -0.2) is 4.98 Å². The van der Waals surface area contributed by atoms with E-state index in [1.54, 1.807) is 0 Å². The summed E-state index contributed by atoms with van der Waals surface area (Å²) in [5, 5.41) is 3.26. The fourth-order valence-corrected chi connectivity index (χ4v) is 1.94. The second-order valence-corrected chi connectivity index (χ2v) is 4.05. The monoisotopic (exact) mass is 302 g/mol. The van der Waals surface area contributed by atoms with Gasteiger partial charge in [0, 0.05) is 38.1 Å². The van der Waals surface area contributed by atoms with Crippen LogP contribution in [0.25, 0.3) is 0 Å². The van der Waals surface area contributed by atoms with Gasteiger partial charge in [0.05, 0.1) is 6.54 Å². The zero-order chi connectivity index (χ0) is 11.5. The largest absolute Gasteiger partial charge is 0.319 e. The molecule has 0 spiro atoms. The number of nitrogens with one attached hydrogen (secondary N) is 1. The molecule has 1 aromatic rings. The van der Waals surface area contributed by atoms with Crippen LogP contribution in [-0.2, 0) is 6.54 Å². The predicted octanol–water partition coefficient (Wildman–Crippen LogP) is 1.92. The van der Waals surface area contributed by atoms with E-state index in [1.807, 2.05) is 0 Å². The van der Waals surface area contributed by atoms with Crippen LogP contribution in [0.5, 0.6) is 0 Å². The van der Waals surface area contributed by atoms with Crippen molar-refractivity contribution < 1.29 is 8.78 Å². The summed E-state index contributed by atoms with van der Waals surface area (Å²) in [5.41, 5.74) is 0. The molecule has 0 aliphatic carbocycles. The van der Waals surface area contributed by atoms with Gasteiger partial charge >= 0.3 is 6.55 Å². The van der Waals surface area contributed by atoms with Gasteiger partial charge < -0.3 is 5.32 Å². The molecule has 8 heteroatoms. The van der Waals surface area contributed by atoms with Gasteiger partial charge in [-0.3, -0.25) is 9.47 Å². The minimum absolute atomic E-state index is 0. The molecule has 0 bridgehead atoms. The van der Waals surface area contributed by atoms with Crippen molar-refractivity contribution in [3.05, 3.63) is 18.2 Å². The summed E-state index contributed by atoms with van der Waals surface area (Å²) >= 11 is 0. The van der Waals surface area contributed by atoms with Gasteiger partial charge in [0.25, 0.3) is 0 Å². The number of piperazine rings is 1. The fraction of sp³-hybridized carbons (Fsp3) is 0.700. The molecule has 18 heavy (non-hydrogen) atoms. The highest BCUT2D eigenvalue weighted by molar-refractivity contribution is 5.85. The molecule has 1 saturated heterocycles. The molecule has 106 valence electrons. The van der Waals surface area contributed by atoms with Crippen molar-refractivity contribution in [1.29, 1.82) is 0 Å². The Balaban J connectivity index is 0.00000144. The lowest BCUT2D eigenvalue weighted by Gasteiger charge is -2.33.